The number of aryl methyl sites for hydroxylation is 1. The molecule has 0 radical (unpaired) electrons. The molecule has 0 bridgehead atoms. The Morgan fingerprint density at radius 3 is 2.58 bits per heavy atom. The molecule has 142 valence electrons. The number of nitrogens with zero attached hydrogens (tertiary/aromatic N) is 2. The van der Waals surface area contributed by atoms with E-state index in [2.05, 4.69) is 25.7 Å². The Hall–Kier alpha value is -2.37. The van der Waals surface area contributed by atoms with Crippen molar-refractivity contribution in [3.63, 3.8) is 0 Å². The van der Waals surface area contributed by atoms with Crippen molar-refractivity contribution in [1.29, 1.82) is 0 Å². The quantitative estimate of drug-likeness (QED) is 0.440. The highest BCUT2D eigenvalue weighted by molar-refractivity contribution is 6.11. The molecule has 1 aliphatic heterocycles. The fraction of sp³-hybridized carbons (Fsp3) is 0.550. The number of Topliss-reactive ketones (excluding diaryl/α,β-unsaturated/α-hetero) is 1. The van der Waals surface area contributed by atoms with Gasteiger partial charge in [-0.1, -0.05) is 19.9 Å². The summed E-state index contributed by atoms with van der Waals surface area (Å²) in [6, 6.07) is 1.31. The molecule has 2 rings (SSSR count). The second-order valence-corrected chi connectivity index (χ2v) is 7.69. The lowest BCUT2D eigenvalue weighted by Gasteiger charge is -2.22. The Morgan fingerprint density at radius 1 is 1.35 bits per heavy atom. The lowest BCUT2D eigenvalue weighted by Crippen LogP contribution is -2.44. The lowest BCUT2D eigenvalue weighted by molar-refractivity contribution is -0.130. The van der Waals surface area contributed by atoms with Crippen LogP contribution in [0.25, 0.3) is 0 Å². The van der Waals surface area contributed by atoms with E-state index >= 15 is 0 Å². The summed E-state index contributed by atoms with van der Waals surface area (Å²) in [5.74, 6) is -0.121. The fourth-order valence-corrected chi connectivity index (χ4v) is 3.36. The molecule has 1 aromatic heterocycles. The Balaban J connectivity index is 2.17. The molecule has 1 unspecified atom stereocenters. The highest BCUT2D eigenvalue weighted by Gasteiger charge is 2.47. The highest BCUT2D eigenvalue weighted by Crippen LogP contribution is 2.25. The number of imide groups is 1. The maximum absolute atomic E-state index is 12.7. The largest absolute Gasteiger partial charge is 0.345 e. The zero-order valence-electron chi connectivity index (χ0n) is 16.4. The Bertz CT molecular complexity index is 748. The maximum atomic E-state index is 12.7. The van der Waals surface area contributed by atoms with Gasteiger partial charge in [0.05, 0.1) is 6.54 Å². The normalized spacial score (nSPS) is 20.0. The number of carbonyl (C=O) groups excluding carboxylic acids is 3. The minimum Gasteiger partial charge on any atom is -0.345 e. The number of ketones is 1. The molecule has 0 spiro atoms. The first-order valence-electron chi connectivity index (χ1n) is 9.05. The van der Waals surface area contributed by atoms with E-state index in [9.17, 15) is 14.4 Å². The molecule has 1 aromatic rings. The number of amides is 3. The summed E-state index contributed by atoms with van der Waals surface area (Å²) in [6.07, 6.45) is 3.16. The molecular weight excluding hydrogens is 330 g/mol. The Labute approximate surface area is 155 Å². The molecule has 0 aromatic carbocycles. The third-order valence-electron chi connectivity index (χ3n) is 5.05. The van der Waals surface area contributed by atoms with Gasteiger partial charge in [-0.2, -0.15) is 0 Å². The molecule has 1 N–H and O–H groups in total. The average Bonchev–Trinajstić information content (AvgIpc) is 2.96. The van der Waals surface area contributed by atoms with Gasteiger partial charge in [-0.15, -0.1) is 6.58 Å². The molecule has 26 heavy (non-hydrogen) atoms. The Morgan fingerprint density at radius 2 is 2.00 bits per heavy atom. The van der Waals surface area contributed by atoms with Crippen molar-refractivity contribution in [2.75, 3.05) is 6.54 Å². The molecule has 1 aliphatic rings. The van der Waals surface area contributed by atoms with Crippen molar-refractivity contribution in [3.05, 3.63) is 35.7 Å². The zero-order chi connectivity index (χ0) is 19.6. The van der Waals surface area contributed by atoms with E-state index in [1.165, 1.54) is 0 Å². The van der Waals surface area contributed by atoms with Crippen molar-refractivity contribution in [2.45, 2.75) is 59.5 Å². The molecule has 6 heteroatoms. The topological polar surface area (TPSA) is 71.4 Å². The second-order valence-electron chi connectivity index (χ2n) is 7.69. The average molecular weight is 359 g/mol. The number of carbonyl (C=O) groups is 3. The fourth-order valence-electron chi connectivity index (χ4n) is 3.36. The van der Waals surface area contributed by atoms with Crippen molar-refractivity contribution in [3.8, 4) is 0 Å². The van der Waals surface area contributed by atoms with Crippen molar-refractivity contribution in [1.82, 2.24) is 14.8 Å². The van der Waals surface area contributed by atoms with E-state index in [0.29, 0.717) is 24.4 Å². The van der Waals surface area contributed by atoms with Crippen LogP contribution in [0.4, 0.5) is 4.79 Å². The van der Waals surface area contributed by atoms with E-state index in [-0.39, 0.29) is 18.2 Å². The third kappa shape index (κ3) is 3.74. The third-order valence-corrected chi connectivity index (χ3v) is 5.05. The van der Waals surface area contributed by atoms with Crippen LogP contribution in [0.2, 0.25) is 0 Å². The van der Waals surface area contributed by atoms with Crippen LogP contribution in [0.3, 0.4) is 0 Å². The van der Waals surface area contributed by atoms with Gasteiger partial charge in [0.15, 0.2) is 5.78 Å². The van der Waals surface area contributed by atoms with Gasteiger partial charge in [0.25, 0.3) is 5.91 Å². The summed E-state index contributed by atoms with van der Waals surface area (Å²) in [5.41, 5.74) is 1.38. The van der Waals surface area contributed by atoms with Gasteiger partial charge in [-0.05, 0) is 45.6 Å². The van der Waals surface area contributed by atoms with Gasteiger partial charge in [-0.25, -0.2) is 4.79 Å². The predicted molar refractivity (Wildman–Crippen MR) is 101 cm³/mol. The molecule has 2 heterocycles. The van der Waals surface area contributed by atoms with Crippen LogP contribution in [0.1, 0.15) is 55.4 Å². The van der Waals surface area contributed by atoms with E-state index in [0.717, 1.165) is 22.7 Å². The van der Waals surface area contributed by atoms with Gasteiger partial charge in [0.2, 0.25) is 0 Å². The van der Waals surface area contributed by atoms with Gasteiger partial charge in [0, 0.05) is 23.5 Å². The van der Waals surface area contributed by atoms with Crippen LogP contribution in [0.5, 0.6) is 0 Å². The highest BCUT2D eigenvalue weighted by atomic mass is 16.2. The number of urea groups is 1. The lowest BCUT2D eigenvalue weighted by atomic mass is 9.92. The van der Waals surface area contributed by atoms with Crippen LogP contribution < -0.4 is 5.32 Å². The Kier molecular flexibility index (Phi) is 5.74. The van der Waals surface area contributed by atoms with Gasteiger partial charge in [-0.3, -0.25) is 14.5 Å². The molecule has 0 saturated carbocycles. The zero-order valence-corrected chi connectivity index (χ0v) is 16.4. The number of nitrogens with one attached hydrogen (secondary N) is 1. The summed E-state index contributed by atoms with van der Waals surface area (Å²) in [7, 11) is 0. The van der Waals surface area contributed by atoms with Crippen molar-refractivity contribution >= 4 is 17.7 Å². The number of allylic oxidation sites excluding steroid dienone is 1. The summed E-state index contributed by atoms with van der Waals surface area (Å²) < 4.78 is 1.98. The molecule has 1 fully saturated rings. The number of rotatable bonds is 8. The molecule has 3 amide bonds. The van der Waals surface area contributed by atoms with Gasteiger partial charge >= 0.3 is 6.03 Å². The van der Waals surface area contributed by atoms with Crippen molar-refractivity contribution < 1.29 is 14.4 Å². The van der Waals surface area contributed by atoms with Crippen molar-refractivity contribution in [2.24, 2.45) is 5.92 Å². The van der Waals surface area contributed by atoms with Crippen LogP contribution >= 0.6 is 0 Å². The first-order valence-corrected chi connectivity index (χ1v) is 9.05. The number of hydrogen-bond donors (Lipinski definition) is 1. The maximum Gasteiger partial charge on any atom is 0.325 e. The predicted octanol–water partition coefficient (Wildman–Crippen LogP) is 3.22. The van der Waals surface area contributed by atoms with E-state index in [4.69, 9.17) is 0 Å². The monoisotopic (exact) mass is 359 g/mol. The first kappa shape index (κ1) is 19.9. The molecular formula is C20H29N3O3. The minimum atomic E-state index is -0.929. The van der Waals surface area contributed by atoms with E-state index in [1.54, 1.807) is 19.1 Å². The first-order chi connectivity index (χ1) is 12.1. The minimum absolute atomic E-state index is 0.231. The smallest absolute Gasteiger partial charge is 0.325 e. The summed E-state index contributed by atoms with van der Waals surface area (Å²) in [5, 5.41) is 2.76. The van der Waals surface area contributed by atoms with Crippen LogP contribution in [0.15, 0.2) is 18.7 Å². The standard InChI is InChI=1S/C20H29N3O3/c1-7-10-22-14(4)11-16(15(22)5)17(24)12-23-18(25)20(6,21-19(23)26)9-8-13(2)3/h7,11,13H,1,8-10,12H2,2-6H3,(H,21,26). The van der Waals surface area contributed by atoms with Gasteiger partial charge < -0.3 is 9.88 Å². The summed E-state index contributed by atoms with van der Waals surface area (Å²) >= 11 is 0. The SMILES string of the molecule is C=CCn1c(C)cc(C(=O)CN2C(=O)NC(C)(CCC(C)C)C2=O)c1C. The van der Waals surface area contributed by atoms with E-state index < -0.39 is 11.6 Å². The van der Waals surface area contributed by atoms with Crippen LogP contribution in [-0.2, 0) is 11.3 Å². The second kappa shape index (κ2) is 7.48. The molecule has 1 atom stereocenters. The van der Waals surface area contributed by atoms with Crippen LogP contribution in [0, 0.1) is 19.8 Å². The summed E-state index contributed by atoms with van der Waals surface area (Å²) in [6.45, 7) is 13.8. The van der Waals surface area contributed by atoms with E-state index in [1.807, 2.05) is 18.4 Å². The number of aromatic nitrogens is 1. The molecule has 1 saturated heterocycles. The summed E-state index contributed by atoms with van der Waals surface area (Å²) in [4.78, 5) is 38.8. The molecule has 0 aliphatic carbocycles. The van der Waals surface area contributed by atoms with Crippen LogP contribution in [-0.4, -0.2) is 39.3 Å². The number of hydrogen-bond acceptors (Lipinski definition) is 3. The van der Waals surface area contributed by atoms with Gasteiger partial charge in [0.1, 0.15) is 5.54 Å². The molecule has 6 nitrogen and oxygen atoms in total.